The van der Waals surface area contributed by atoms with Crippen LogP contribution in [-0.2, 0) is 0 Å². The van der Waals surface area contributed by atoms with Gasteiger partial charge < -0.3 is 16.4 Å². The van der Waals surface area contributed by atoms with Crippen LogP contribution < -0.4 is 16.4 Å². The van der Waals surface area contributed by atoms with Gasteiger partial charge in [-0.3, -0.25) is 4.99 Å². The van der Waals surface area contributed by atoms with Crippen molar-refractivity contribution in [3.63, 3.8) is 0 Å². The highest BCUT2D eigenvalue weighted by atomic mass is 15.2. The fourth-order valence-electron chi connectivity index (χ4n) is 1.25. The molecule has 0 saturated carbocycles. The molecule has 0 radical (unpaired) electrons. The third kappa shape index (κ3) is 4.12. The lowest BCUT2D eigenvalue weighted by Gasteiger charge is -2.27. The summed E-state index contributed by atoms with van der Waals surface area (Å²) in [5, 5.41) is 6.59. The second-order valence-electron chi connectivity index (χ2n) is 4.53. The predicted octanol–water partition coefficient (Wildman–Crippen LogP) is 0.0511. The Balaban J connectivity index is 2.27. The lowest BCUT2D eigenvalue weighted by molar-refractivity contribution is 0.384. The molecule has 0 aliphatic carbocycles. The highest BCUT2D eigenvalue weighted by Gasteiger charge is 2.16. The van der Waals surface area contributed by atoms with Crippen LogP contribution >= 0.6 is 0 Å². The molecule has 4 heteroatoms. The van der Waals surface area contributed by atoms with Crippen molar-refractivity contribution in [3.05, 3.63) is 0 Å². The maximum atomic E-state index is 5.58. The van der Waals surface area contributed by atoms with Gasteiger partial charge in [-0.05, 0) is 27.2 Å². The van der Waals surface area contributed by atoms with E-state index in [2.05, 4.69) is 36.4 Å². The van der Waals surface area contributed by atoms with Crippen molar-refractivity contribution in [1.29, 1.82) is 0 Å². The molecule has 1 rings (SSSR count). The molecule has 1 atom stereocenters. The van der Waals surface area contributed by atoms with Crippen LogP contribution in [0.15, 0.2) is 4.99 Å². The van der Waals surface area contributed by atoms with Crippen LogP contribution in [0, 0.1) is 0 Å². The van der Waals surface area contributed by atoms with E-state index in [0.717, 1.165) is 19.5 Å². The summed E-state index contributed by atoms with van der Waals surface area (Å²) < 4.78 is 0. The summed E-state index contributed by atoms with van der Waals surface area (Å²) in [5.74, 6) is 0.576. The normalized spacial score (nSPS) is 23.6. The predicted molar refractivity (Wildman–Crippen MR) is 55.8 cm³/mol. The minimum Gasteiger partial charge on any atom is -0.370 e. The molecule has 1 heterocycles. The fraction of sp³-hybridized carbons (Fsp3) is 0.889. The number of guanidine groups is 1. The van der Waals surface area contributed by atoms with Gasteiger partial charge in [-0.25, -0.2) is 0 Å². The Hall–Kier alpha value is -0.770. The molecule has 1 aliphatic rings. The van der Waals surface area contributed by atoms with Gasteiger partial charge in [0, 0.05) is 24.7 Å². The van der Waals surface area contributed by atoms with E-state index in [1.807, 2.05) is 0 Å². The molecule has 0 amide bonds. The Labute approximate surface area is 80.0 Å². The number of hydrogen-bond acceptors (Lipinski definition) is 4. The molecule has 0 fully saturated rings. The molecule has 0 aromatic rings. The quantitative estimate of drug-likeness (QED) is 0.568. The van der Waals surface area contributed by atoms with Crippen LogP contribution in [0.1, 0.15) is 27.2 Å². The average molecular weight is 184 g/mol. The third-order valence-electron chi connectivity index (χ3n) is 1.99. The van der Waals surface area contributed by atoms with Crippen LogP contribution in [0.5, 0.6) is 0 Å². The van der Waals surface area contributed by atoms with Gasteiger partial charge in [-0.2, -0.15) is 0 Å². The first-order chi connectivity index (χ1) is 5.97. The summed E-state index contributed by atoms with van der Waals surface area (Å²) in [7, 11) is 0. The van der Waals surface area contributed by atoms with Crippen LogP contribution in [0.4, 0.5) is 0 Å². The van der Waals surface area contributed by atoms with Crippen molar-refractivity contribution in [1.82, 2.24) is 10.6 Å². The topological polar surface area (TPSA) is 62.4 Å². The number of nitrogens with two attached hydrogens (primary N) is 1. The number of nitrogens with one attached hydrogen (secondary N) is 2. The largest absolute Gasteiger partial charge is 0.370 e. The minimum absolute atomic E-state index is 0.172. The van der Waals surface area contributed by atoms with Gasteiger partial charge in [0.05, 0.1) is 0 Å². The number of aliphatic imine (C=N–C) groups is 1. The van der Waals surface area contributed by atoms with Gasteiger partial charge in [0.1, 0.15) is 0 Å². The van der Waals surface area contributed by atoms with Gasteiger partial charge in [-0.15, -0.1) is 0 Å². The summed E-state index contributed by atoms with van der Waals surface area (Å²) in [6.07, 6.45) is 1.06. The third-order valence-corrected chi connectivity index (χ3v) is 1.99. The Morgan fingerprint density at radius 3 is 2.85 bits per heavy atom. The lowest BCUT2D eigenvalue weighted by atomic mass is 10.1. The van der Waals surface area contributed by atoms with Crippen LogP contribution in [-0.4, -0.2) is 30.6 Å². The van der Waals surface area contributed by atoms with Gasteiger partial charge >= 0.3 is 0 Å². The minimum atomic E-state index is 0.172. The first kappa shape index (κ1) is 10.3. The number of hydrogen-bond donors (Lipinski definition) is 3. The molecule has 0 spiro atoms. The maximum Gasteiger partial charge on any atom is 0.188 e. The second kappa shape index (κ2) is 3.96. The Morgan fingerprint density at radius 1 is 1.62 bits per heavy atom. The molecule has 0 saturated heterocycles. The molecule has 0 bridgehead atoms. The molecule has 0 aromatic heterocycles. The van der Waals surface area contributed by atoms with E-state index in [-0.39, 0.29) is 5.54 Å². The lowest BCUT2D eigenvalue weighted by Crippen LogP contribution is -2.51. The zero-order valence-electron chi connectivity index (χ0n) is 8.72. The van der Waals surface area contributed by atoms with Crippen molar-refractivity contribution in [2.45, 2.75) is 38.8 Å². The molecule has 1 aliphatic heterocycles. The Kier molecular flexibility index (Phi) is 3.14. The number of nitrogens with zero attached hydrogens (tertiary/aromatic N) is 1. The molecule has 1 unspecified atom stereocenters. The SMILES string of the molecule is CC(C)(C)NCC1CCN=C(N)N1. The van der Waals surface area contributed by atoms with E-state index in [0.29, 0.717) is 12.0 Å². The highest BCUT2D eigenvalue weighted by Crippen LogP contribution is 2.02. The highest BCUT2D eigenvalue weighted by molar-refractivity contribution is 5.78. The maximum absolute atomic E-state index is 5.58. The van der Waals surface area contributed by atoms with Gasteiger partial charge in [0.2, 0.25) is 0 Å². The monoisotopic (exact) mass is 184 g/mol. The van der Waals surface area contributed by atoms with E-state index in [1.165, 1.54) is 0 Å². The summed E-state index contributed by atoms with van der Waals surface area (Å²) >= 11 is 0. The van der Waals surface area contributed by atoms with Crippen LogP contribution in [0.2, 0.25) is 0 Å². The van der Waals surface area contributed by atoms with Crippen LogP contribution in [0.3, 0.4) is 0 Å². The second-order valence-corrected chi connectivity index (χ2v) is 4.53. The Morgan fingerprint density at radius 2 is 2.31 bits per heavy atom. The summed E-state index contributed by atoms with van der Waals surface area (Å²) in [6, 6.07) is 0.428. The van der Waals surface area contributed by atoms with Gasteiger partial charge in [0.15, 0.2) is 5.96 Å². The van der Waals surface area contributed by atoms with E-state index >= 15 is 0 Å². The smallest absolute Gasteiger partial charge is 0.188 e. The van der Waals surface area contributed by atoms with Crippen LogP contribution in [0.25, 0.3) is 0 Å². The fourth-order valence-corrected chi connectivity index (χ4v) is 1.25. The van der Waals surface area contributed by atoms with Gasteiger partial charge in [0.25, 0.3) is 0 Å². The summed E-state index contributed by atoms with van der Waals surface area (Å²) in [4.78, 5) is 4.08. The summed E-state index contributed by atoms with van der Waals surface area (Å²) in [5.41, 5.74) is 5.75. The molecule has 0 aromatic carbocycles. The average Bonchev–Trinajstić information content (AvgIpc) is 2.00. The molecular formula is C9H20N4. The zero-order chi connectivity index (χ0) is 9.90. The molecule has 13 heavy (non-hydrogen) atoms. The molecule has 4 N–H and O–H groups in total. The van der Waals surface area contributed by atoms with Crippen molar-refractivity contribution in [2.24, 2.45) is 10.7 Å². The first-order valence-corrected chi connectivity index (χ1v) is 4.79. The van der Waals surface area contributed by atoms with Crippen molar-refractivity contribution in [3.8, 4) is 0 Å². The van der Waals surface area contributed by atoms with Crippen molar-refractivity contribution in [2.75, 3.05) is 13.1 Å². The molecule has 76 valence electrons. The van der Waals surface area contributed by atoms with E-state index in [1.54, 1.807) is 0 Å². The summed E-state index contributed by atoms with van der Waals surface area (Å²) in [6.45, 7) is 8.27. The zero-order valence-corrected chi connectivity index (χ0v) is 8.72. The molecule has 4 nitrogen and oxygen atoms in total. The van der Waals surface area contributed by atoms with E-state index in [9.17, 15) is 0 Å². The molecular weight excluding hydrogens is 164 g/mol. The standard InChI is InChI=1S/C9H20N4/c1-9(2,3)12-6-7-4-5-11-8(10)13-7/h7,12H,4-6H2,1-3H3,(H3,10,11,13). The first-order valence-electron chi connectivity index (χ1n) is 4.79. The Bertz CT molecular complexity index is 192. The van der Waals surface area contributed by atoms with E-state index < -0.39 is 0 Å². The van der Waals surface area contributed by atoms with E-state index in [4.69, 9.17) is 5.73 Å². The number of rotatable bonds is 2. The van der Waals surface area contributed by atoms with Gasteiger partial charge in [-0.1, -0.05) is 0 Å². The van der Waals surface area contributed by atoms with Crippen molar-refractivity contribution < 1.29 is 0 Å². The van der Waals surface area contributed by atoms with Crippen molar-refractivity contribution >= 4 is 5.96 Å².